The lowest BCUT2D eigenvalue weighted by atomic mass is 10.0. The monoisotopic (exact) mass is 594 g/mol. The second-order valence-corrected chi connectivity index (χ2v) is 13.0. The molecule has 0 aliphatic heterocycles. The molecule has 0 bridgehead atoms. The van der Waals surface area contributed by atoms with E-state index < -0.39 is 12.1 Å². The zero-order valence-corrected chi connectivity index (χ0v) is 28.5. The molecule has 4 nitrogen and oxygen atoms in total. The lowest BCUT2D eigenvalue weighted by molar-refractivity contribution is -0.123. The predicted molar refractivity (Wildman–Crippen MR) is 184 cm³/mol. The molecule has 0 radical (unpaired) electrons. The highest BCUT2D eigenvalue weighted by Crippen LogP contribution is 2.15. The summed E-state index contributed by atoms with van der Waals surface area (Å²) in [7, 11) is 0. The molecular formula is C38H75NO3. The molecule has 3 N–H and O–H groups in total. The third-order valence-electron chi connectivity index (χ3n) is 8.78. The molecule has 0 saturated carbocycles. The topological polar surface area (TPSA) is 69.6 Å². The molecule has 250 valence electrons. The Balaban J connectivity index is 3.56. The molecule has 0 fully saturated rings. The second-order valence-electron chi connectivity index (χ2n) is 13.0. The van der Waals surface area contributed by atoms with E-state index in [0.29, 0.717) is 12.8 Å². The lowest BCUT2D eigenvalue weighted by Crippen LogP contribution is -2.45. The van der Waals surface area contributed by atoms with Crippen molar-refractivity contribution in [3.8, 4) is 0 Å². The number of aliphatic hydroxyl groups is 2. The summed E-state index contributed by atoms with van der Waals surface area (Å²) in [6.07, 6.45) is 41.2. The van der Waals surface area contributed by atoms with E-state index in [1.165, 1.54) is 154 Å². The first-order valence-electron chi connectivity index (χ1n) is 18.9. The van der Waals surface area contributed by atoms with Crippen LogP contribution in [0.5, 0.6) is 0 Å². The van der Waals surface area contributed by atoms with E-state index in [-0.39, 0.29) is 12.5 Å². The van der Waals surface area contributed by atoms with E-state index >= 15 is 0 Å². The van der Waals surface area contributed by atoms with Gasteiger partial charge < -0.3 is 15.5 Å². The zero-order chi connectivity index (χ0) is 30.8. The van der Waals surface area contributed by atoms with Crippen LogP contribution in [-0.4, -0.2) is 34.9 Å². The van der Waals surface area contributed by atoms with E-state index in [2.05, 4.69) is 31.3 Å². The predicted octanol–water partition coefficient (Wildman–Crippen LogP) is 11.1. The van der Waals surface area contributed by atoms with Crippen molar-refractivity contribution in [3.63, 3.8) is 0 Å². The Morgan fingerprint density at radius 3 is 1.31 bits per heavy atom. The number of hydrogen-bond acceptors (Lipinski definition) is 3. The van der Waals surface area contributed by atoms with Gasteiger partial charge in [0.25, 0.3) is 0 Å². The first-order valence-corrected chi connectivity index (χ1v) is 18.9. The van der Waals surface area contributed by atoms with E-state index in [0.717, 1.165) is 25.7 Å². The van der Waals surface area contributed by atoms with Gasteiger partial charge in [-0.05, 0) is 38.5 Å². The van der Waals surface area contributed by atoms with Gasteiger partial charge >= 0.3 is 0 Å². The highest BCUT2D eigenvalue weighted by atomic mass is 16.3. The van der Waals surface area contributed by atoms with E-state index in [1.807, 2.05) is 0 Å². The van der Waals surface area contributed by atoms with Gasteiger partial charge in [0, 0.05) is 6.42 Å². The quantitative estimate of drug-likeness (QED) is 0.0513. The summed E-state index contributed by atoms with van der Waals surface area (Å²) in [5.74, 6) is -0.0395. The summed E-state index contributed by atoms with van der Waals surface area (Å²) in [4.78, 5) is 12.3. The maximum Gasteiger partial charge on any atom is 0.220 e. The van der Waals surface area contributed by atoms with E-state index in [9.17, 15) is 15.0 Å². The van der Waals surface area contributed by atoms with Crippen molar-refractivity contribution in [2.45, 2.75) is 219 Å². The van der Waals surface area contributed by atoms with Crippen molar-refractivity contribution < 1.29 is 15.0 Å². The van der Waals surface area contributed by atoms with Gasteiger partial charge in [-0.2, -0.15) is 0 Å². The molecule has 0 rings (SSSR count). The van der Waals surface area contributed by atoms with Crippen molar-refractivity contribution >= 4 is 5.91 Å². The van der Waals surface area contributed by atoms with Gasteiger partial charge in [0.2, 0.25) is 5.91 Å². The Hall–Kier alpha value is -0.870. The Morgan fingerprint density at radius 1 is 0.548 bits per heavy atom. The first kappa shape index (κ1) is 41.1. The number of unbranched alkanes of at least 4 members (excludes halogenated alkanes) is 25. The summed E-state index contributed by atoms with van der Waals surface area (Å²) in [5.41, 5.74) is 0. The van der Waals surface area contributed by atoms with Gasteiger partial charge in [-0.1, -0.05) is 174 Å². The fourth-order valence-electron chi connectivity index (χ4n) is 5.82. The number of rotatable bonds is 34. The van der Waals surface area contributed by atoms with Gasteiger partial charge in [-0.25, -0.2) is 0 Å². The van der Waals surface area contributed by atoms with Crippen LogP contribution in [0.3, 0.4) is 0 Å². The molecule has 2 atom stereocenters. The minimum Gasteiger partial charge on any atom is -0.394 e. The minimum atomic E-state index is -0.657. The Kier molecular flexibility index (Phi) is 33.9. The van der Waals surface area contributed by atoms with Gasteiger partial charge in [0.1, 0.15) is 0 Å². The fraction of sp³-hybridized carbons (Fsp3) is 0.921. The third-order valence-corrected chi connectivity index (χ3v) is 8.78. The number of carbonyl (C=O) groups excluding carboxylic acids is 1. The summed E-state index contributed by atoms with van der Waals surface area (Å²) in [6.45, 7) is 4.35. The molecule has 42 heavy (non-hydrogen) atoms. The number of amides is 1. The maximum atomic E-state index is 12.3. The largest absolute Gasteiger partial charge is 0.394 e. The normalized spacial score (nSPS) is 13.1. The Morgan fingerprint density at radius 2 is 0.905 bits per heavy atom. The molecule has 0 aliphatic carbocycles. The standard InChI is InChI=1S/C38H75NO3/c1-3-5-7-9-11-13-15-17-19-20-22-24-26-28-30-32-34-38(42)39-36(35-40)37(41)33-31-29-27-25-23-21-18-16-14-12-10-8-6-4-2/h19-20,36-37,40-41H,3-18,21-35H2,1-2H3,(H,39,42)/b20-19-. The van der Waals surface area contributed by atoms with E-state index in [1.54, 1.807) is 0 Å². The Labute approximate surface area is 263 Å². The van der Waals surface area contributed by atoms with Crippen molar-refractivity contribution in [1.29, 1.82) is 0 Å². The van der Waals surface area contributed by atoms with Gasteiger partial charge in [-0.3, -0.25) is 4.79 Å². The SMILES string of the molecule is CCCCCCCCC/C=C\CCCCCCCC(=O)NC(CO)C(O)CCCCCCCCCCCCCCCC. The number of hydrogen-bond donors (Lipinski definition) is 3. The summed E-state index contributed by atoms with van der Waals surface area (Å²) >= 11 is 0. The molecule has 1 amide bonds. The highest BCUT2D eigenvalue weighted by molar-refractivity contribution is 5.76. The van der Waals surface area contributed by atoms with Crippen LogP contribution < -0.4 is 5.32 Å². The van der Waals surface area contributed by atoms with Crippen molar-refractivity contribution in [1.82, 2.24) is 5.32 Å². The molecular weight excluding hydrogens is 518 g/mol. The highest BCUT2D eigenvalue weighted by Gasteiger charge is 2.19. The lowest BCUT2D eigenvalue weighted by Gasteiger charge is -2.22. The number of carbonyl (C=O) groups is 1. The molecule has 0 aliphatic rings. The Bertz CT molecular complexity index is 565. The summed E-state index contributed by atoms with van der Waals surface area (Å²) in [5, 5.41) is 23.0. The average molecular weight is 594 g/mol. The number of allylic oxidation sites excluding steroid dienone is 2. The van der Waals surface area contributed by atoms with Gasteiger partial charge in [-0.15, -0.1) is 0 Å². The molecule has 0 saturated heterocycles. The maximum absolute atomic E-state index is 12.3. The van der Waals surface area contributed by atoms with Crippen LogP contribution in [0.1, 0.15) is 206 Å². The van der Waals surface area contributed by atoms with Gasteiger partial charge in [0.05, 0.1) is 18.8 Å². The van der Waals surface area contributed by atoms with Gasteiger partial charge in [0.15, 0.2) is 0 Å². The van der Waals surface area contributed by atoms with Crippen molar-refractivity contribution in [2.24, 2.45) is 0 Å². The molecule has 0 aromatic carbocycles. The van der Waals surface area contributed by atoms with Crippen LogP contribution >= 0.6 is 0 Å². The third kappa shape index (κ3) is 30.6. The van der Waals surface area contributed by atoms with E-state index in [4.69, 9.17) is 0 Å². The molecule has 0 aromatic heterocycles. The zero-order valence-electron chi connectivity index (χ0n) is 28.5. The van der Waals surface area contributed by atoms with Crippen LogP contribution in [0.15, 0.2) is 12.2 Å². The van der Waals surface area contributed by atoms with Crippen LogP contribution in [0.4, 0.5) is 0 Å². The van der Waals surface area contributed by atoms with Crippen molar-refractivity contribution in [2.75, 3.05) is 6.61 Å². The van der Waals surface area contributed by atoms with Crippen LogP contribution in [0, 0.1) is 0 Å². The van der Waals surface area contributed by atoms with Crippen molar-refractivity contribution in [3.05, 3.63) is 12.2 Å². The smallest absolute Gasteiger partial charge is 0.220 e. The average Bonchev–Trinajstić information content (AvgIpc) is 2.99. The van der Waals surface area contributed by atoms with Crippen LogP contribution in [0.25, 0.3) is 0 Å². The number of nitrogens with one attached hydrogen (secondary N) is 1. The summed E-state index contributed by atoms with van der Waals surface area (Å²) in [6, 6.07) is -0.535. The van der Waals surface area contributed by atoms with Crippen LogP contribution in [0.2, 0.25) is 0 Å². The fourth-order valence-corrected chi connectivity index (χ4v) is 5.82. The minimum absolute atomic E-state index is 0.0395. The number of aliphatic hydroxyl groups excluding tert-OH is 2. The molecule has 2 unspecified atom stereocenters. The second kappa shape index (κ2) is 34.6. The molecule has 0 aromatic rings. The molecule has 4 heteroatoms. The summed E-state index contributed by atoms with van der Waals surface area (Å²) < 4.78 is 0. The first-order chi connectivity index (χ1) is 20.7. The molecule has 0 spiro atoms. The molecule has 0 heterocycles. The van der Waals surface area contributed by atoms with Crippen LogP contribution in [-0.2, 0) is 4.79 Å².